The van der Waals surface area contributed by atoms with Gasteiger partial charge in [-0.3, -0.25) is 4.98 Å². The number of para-hydroxylation sites is 2. The van der Waals surface area contributed by atoms with Crippen LogP contribution in [0.1, 0.15) is 56.3 Å². The molecule has 0 saturated heterocycles. The summed E-state index contributed by atoms with van der Waals surface area (Å²) >= 11 is 3.54. The average molecular weight is 699 g/mol. The number of ether oxygens (including phenoxy) is 2. The van der Waals surface area contributed by atoms with E-state index in [-0.39, 0.29) is 30.3 Å². The van der Waals surface area contributed by atoms with Gasteiger partial charge >= 0.3 is 11.8 Å². The SMILES string of the molecule is CCc1cc(OCCN(C)C)c(F)c(C(Nc2ccc(Br)c(CNC(=O)OC(C)(C)C)c2)c2nn(-c3ccccc3N)c(=O)[nH]2)c1. The Hall–Kier alpha value is -4.36. The number of nitrogens with zero attached hydrogens (tertiary/aromatic N) is 3. The van der Waals surface area contributed by atoms with Gasteiger partial charge in [0, 0.05) is 28.8 Å². The minimum Gasteiger partial charge on any atom is -0.489 e. The normalized spacial score (nSPS) is 12.2. The van der Waals surface area contributed by atoms with Crippen LogP contribution in [0.2, 0.25) is 0 Å². The monoisotopic (exact) mass is 697 g/mol. The summed E-state index contributed by atoms with van der Waals surface area (Å²) in [6, 6.07) is 14.8. The second kappa shape index (κ2) is 14.8. The summed E-state index contributed by atoms with van der Waals surface area (Å²) in [5, 5.41) is 10.7. The number of alkyl carbamates (subject to hydrolysis) is 1. The van der Waals surface area contributed by atoms with E-state index < -0.39 is 29.2 Å². The number of aryl methyl sites for hydroxylation is 1. The van der Waals surface area contributed by atoms with Crippen molar-refractivity contribution in [1.29, 1.82) is 0 Å². The van der Waals surface area contributed by atoms with Gasteiger partial charge in [-0.15, -0.1) is 5.10 Å². The van der Waals surface area contributed by atoms with Crippen LogP contribution in [0.3, 0.4) is 0 Å². The second-order valence-electron chi connectivity index (χ2n) is 12.0. The lowest BCUT2D eigenvalue weighted by Gasteiger charge is -2.22. The van der Waals surface area contributed by atoms with Crippen LogP contribution < -0.4 is 26.8 Å². The van der Waals surface area contributed by atoms with Crippen LogP contribution in [0.25, 0.3) is 5.69 Å². The van der Waals surface area contributed by atoms with E-state index in [2.05, 4.69) is 36.6 Å². The number of nitrogen functional groups attached to an aromatic ring is 1. The third-order valence-electron chi connectivity index (χ3n) is 6.89. The van der Waals surface area contributed by atoms with Gasteiger partial charge in [-0.05, 0) is 88.8 Å². The molecule has 0 aliphatic heterocycles. The molecule has 0 saturated carbocycles. The van der Waals surface area contributed by atoms with Crippen molar-refractivity contribution in [1.82, 2.24) is 25.0 Å². The molecule has 11 nitrogen and oxygen atoms in total. The Balaban J connectivity index is 1.77. The zero-order chi connectivity index (χ0) is 33.6. The molecule has 0 bridgehead atoms. The highest BCUT2D eigenvalue weighted by atomic mass is 79.9. The maximum absolute atomic E-state index is 16.3. The molecular weight excluding hydrogens is 657 g/mol. The number of carbonyl (C=O) groups excluding carboxylic acids is 1. The van der Waals surface area contributed by atoms with Gasteiger partial charge < -0.3 is 30.7 Å². The number of nitrogens with two attached hydrogens (primary N) is 1. The lowest BCUT2D eigenvalue weighted by molar-refractivity contribution is 0.0523. The van der Waals surface area contributed by atoms with Crippen LogP contribution in [-0.2, 0) is 17.7 Å². The summed E-state index contributed by atoms with van der Waals surface area (Å²) in [4.78, 5) is 30.3. The lowest BCUT2D eigenvalue weighted by atomic mass is 10.00. The molecule has 0 spiro atoms. The maximum Gasteiger partial charge on any atom is 0.407 e. The van der Waals surface area contributed by atoms with Crippen molar-refractivity contribution >= 4 is 33.4 Å². The molecule has 13 heteroatoms. The van der Waals surface area contributed by atoms with E-state index in [0.717, 1.165) is 20.3 Å². The average Bonchev–Trinajstić information content (AvgIpc) is 3.37. The lowest BCUT2D eigenvalue weighted by Crippen LogP contribution is -2.32. The third-order valence-corrected chi connectivity index (χ3v) is 7.67. The Bertz CT molecular complexity index is 1730. The van der Waals surface area contributed by atoms with Crippen molar-refractivity contribution in [3.05, 3.63) is 97.9 Å². The molecular formula is C33H41BrFN7O4. The van der Waals surface area contributed by atoms with Gasteiger partial charge in [0.15, 0.2) is 17.4 Å². The summed E-state index contributed by atoms with van der Waals surface area (Å²) in [6.45, 7) is 8.38. The Labute approximate surface area is 276 Å². The first-order valence-electron chi connectivity index (χ1n) is 14.9. The Morgan fingerprint density at radius 1 is 1.17 bits per heavy atom. The third kappa shape index (κ3) is 8.88. The Kier molecular flexibility index (Phi) is 11.1. The number of anilines is 2. The second-order valence-corrected chi connectivity index (χ2v) is 12.9. The fourth-order valence-corrected chi connectivity index (χ4v) is 4.98. The number of aromatic nitrogens is 3. The summed E-state index contributed by atoms with van der Waals surface area (Å²) in [5.74, 6) is -0.307. The highest BCUT2D eigenvalue weighted by molar-refractivity contribution is 9.10. The molecule has 1 aromatic heterocycles. The van der Waals surface area contributed by atoms with E-state index in [1.165, 1.54) is 0 Å². The van der Waals surface area contributed by atoms with Crippen LogP contribution in [0, 0.1) is 5.82 Å². The van der Waals surface area contributed by atoms with E-state index in [9.17, 15) is 9.59 Å². The minimum atomic E-state index is -0.950. The van der Waals surface area contributed by atoms with Crippen molar-refractivity contribution in [2.45, 2.75) is 52.3 Å². The Morgan fingerprint density at radius 3 is 2.59 bits per heavy atom. The number of carbonyl (C=O) groups is 1. The molecule has 3 aromatic carbocycles. The molecule has 0 radical (unpaired) electrons. The van der Waals surface area contributed by atoms with Crippen LogP contribution >= 0.6 is 15.9 Å². The number of H-pyrrole nitrogens is 1. The molecule has 4 rings (SSSR count). The topological polar surface area (TPSA) is 140 Å². The fourth-order valence-electron chi connectivity index (χ4n) is 4.59. The fraction of sp³-hybridized carbons (Fsp3) is 0.364. The summed E-state index contributed by atoms with van der Waals surface area (Å²) < 4.78 is 29.5. The number of aromatic amines is 1. The van der Waals surface area contributed by atoms with Gasteiger partial charge in [0.25, 0.3) is 0 Å². The number of hydrogen-bond donors (Lipinski definition) is 4. The van der Waals surface area contributed by atoms with Crippen LogP contribution in [0.15, 0.2) is 63.9 Å². The van der Waals surface area contributed by atoms with Crippen molar-refractivity contribution in [2.24, 2.45) is 0 Å². The standard InChI is InChI=1S/C33H41BrFN7O4/c1-7-20-16-23(28(35)27(17-20)45-15-14-41(5)6)29(30-39-31(43)42(40-30)26-11-9-8-10-25(26)36)38-22-12-13-24(34)21(18-22)19-37-32(44)46-33(2,3)4/h8-13,16-18,29,38H,7,14-15,19,36H2,1-6H3,(H,37,44)(H,39,40,43). The molecule has 246 valence electrons. The predicted molar refractivity (Wildman–Crippen MR) is 181 cm³/mol. The van der Waals surface area contributed by atoms with Gasteiger partial charge in [0.05, 0.1) is 11.4 Å². The van der Waals surface area contributed by atoms with Crippen molar-refractivity contribution in [2.75, 3.05) is 38.3 Å². The molecule has 1 amide bonds. The van der Waals surface area contributed by atoms with Crippen LogP contribution in [0.4, 0.5) is 20.6 Å². The minimum absolute atomic E-state index is 0.107. The number of benzene rings is 3. The zero-order valence-corrected chi connectivity index (χ0v) is 28.5. The number of halogens is 2. The molecule has 0 aliphatic carbocycles. The number of likely N-dealkylation sites (N-methyl/N-ethyl adjacent to an activating group) is 1. The number of nitrogens with one attached hydrogen (secondary N) is 3. The first-order chi connectivity index (χ1) is 21.8. The molecule has 1 atom stereocenters. The predicted octanol–water partition coefficient (Wildman–Crippen LogP) is 5.77. The molecule has 4 aromatic rings. The number of hydrogen-bond acceptors (Lipinski definition) is 8. The van der Waals surface area contributed by atoms with Gasteiger partial charge in [0.1, 0.15) is 18.2 Å². The quantitative estimate of drug-likeness (QED) is 0.137. The molecule has 0 aliphatic rings. The summed E-state index contributed by atoms with van der Waals surface area (Å²) in [6.07, 6.45) is 0.0631. The first kappa shape index (κ1) is 34.5. The van der Waals surface area contributed by atoms with Gasteiger partial charge in [0.2, 0.25) is 0 Å². The van der Waals surface area contributed by atoms with Gasteiger partial charge in [-0.1, -0.05) is 41.1 Å². The van der Waals surface area contributed by atoms with E-state index in [4.69, 9.17) is 15.2 Å². The van der Waals surface area contributed by atoms with Gasteiger partial charge in [-0.2, -0.15) is 4.68 Å². The van der Waals surface area contributed by atoms with Crippen molar-refractivity contribution in [3.63, 3.8) is 0 Å². The Morgan fingerprint density at radius 2 is 1.91 bits per heavy atom. The van der Waals surface area contributed by atoms with Crippen molar-refractivity contribution < 1.29 is 18.7 Å². The summed E-state index contributed by atoms with van der Waals surface area (Å²) in [7, 11) is 3.82. The van der Waals surface area contributed by atoms with E-state index in [1.54, 1.807) is 63.2 Å². The molecule has 1 unspecified atom stereocenters. The molecule has 46 heavy (non-hydrogen) atoms. The maximum atomic E-state index is 16.3. The molecule has 0 fully saturated rings. The van der Waals surface area contributed by atoms with E-state index in [0.29, 0.717) is 30.0 Å². The van der Waals surface area contributed by atoms with E-state index in [1.807, 2.05) is 38.1 Å². The highest BCUT2D eigenvalue weighted by Gasteiger charge is 2.27. The summed E-state index contributed by atoms with van der Waals surface area (Å²) in [5.41, 5.74) is 8.12. The van der Waals surface area contributed by atoms with Gasteiger partial charge in [-0.25, -0.2) is 14.0 Å². The number of amides is 1. The molecule has 5 N–H and O–H groups in total. The molecule has 1 heterocycles. The van der Waals surface area contributed by atoms with Crippen molar-refractivity contribution in [3.8, 4) is 11.4 Å². The highest BCUT2D eigenvalue weighted by Crippen LogP contribution is 2.34. The van der Waals surface area contributed by atoms with E-state index >= 15 is 4.39 Å². The first-order valence-corrected chi connectivity index (χ1v) is 15.7. The van der Waals surface area contributed by atoms with Crippen LogP contribution in [-0.4, -0.2) is 58.6 Å². The number of rotatable bonds is 12. The van der Waals surface area contributed by atoms with Crippen LogP contribution in [0.5, 0.6) is 5.75 Å². The smallest absolute Gasteiger partial charge is 0.407 e. The largest absolute Gasteiger partial charge is 0.489 e. The zero-order valence-electron chi connectivity index (χ0n) is 26.9.